The Kier molecular flexibility index (Phi) is 9.85. The van der Waals surface area contributed by atoms with Gasteiger partial charge in [0.2, 0.25) is 0 Å². The molecule has 0 bridgehead atoms. The van der Waals surface area contributed by atoms with Gasteiger partial charge in [0.25, 0.3) is 10.0 Å². The fourth-order valence-corrected chi connectivity index (χ4v) is 7.58. The van der Waals surface area contributed by atoms with E-state index in [1.165, 1.54) is 0 Å². The van der Waals surface area contributed by atoms with Gasteiger partial charge in [-0.05, 0) is 96.3 Å². The van der Waals surface area contributed by atoms with Crippen molar-refractivity contribution in [1.82, 2.24) is 0 Å². The molecule has 12 heteroatoms. The number of ether oxygens (including phenoxy) is 1. The second-order valence-corrected chi connectivity index (χ2v) is 15.6. The minimum atomic E-state index is -4.60. The van der Waals surface area contributed by atoms with Crippen LogP contribution in [0.4, 0.5) is 18.9 Å². The van der Waals surface area contributed by atoms with Crippen molar-refractivity contribution in [2.24, 2.45) is 5.92 Å². The van der Waals surface area contributed by atoms with Crippen LogP contribution in [-0.2, 0) is 37.6 Å². The lowest BCUT2D eigenvalue weighted by atomic mass is 9.80. The number of alkyl halides is 3. The highest BCUT2D eigenvalue weighted by molar-refractivity contribution is 8.04. The second-order valence-electron chi connectivity index (χ2n) is 12.9. The summed E-state index contributed by atoms with van der Waals surface area (Å²) in [7, 11) is -4.23. The molecule has 0 aliphatic carbocycles. The van der Waals surface area contributed by atoms with Crippen LogP contribution in [0.3, 0.4) is 0 Å². The number of rotatable bonds is 9. The van der Waals surface area contributed by atoms with Gasteiger partial charge >= 0.3 is 12.1 Å². The fraction of sp³-hybridized carbons (Fsp3) is 0.382. The Morgan fingerprint density at radius 3 is 2.13 bits per heavy atom. The number of carbonyl (C=O) groups is 1. The fourth-order valence-electron chi connectivity index (χ4n) is 5.22. The molecule has 1 aliphatic rings. The lowest BCUT2D eigenvalue weighted by molar-refractivity contribution is -0.164. The van der Waals surface area contributed by atoms with Gasteiger partial charge in [0, 0.05) is 11.3 Å². The van der Waals surface area contributed by atoms with E-state index >= 15 is 0 Å². The number of aliphatic hydroxyl groups excluding tert-OH is 1. The summed E-state index contributed by atoms with van der Waals surface area (Å²) in [6, 6.07) is 13.4. The van der Waals surface area contributed by atoms with Gasteiger partial charge in [-0.25, -0.2) is 13.2 Å². The Morgan fingerprint density at radius 1 is 1.00 bits per heavy atom. The zero-order valence-electron chi connectivity index (χ0n) is 26.4. The second kappa shape index (κ2) is 12.9. The largest absolute Gasteiger partial charge is 0.511 e. The molecule has 3 N–H and O–H groups in total. The number of sulfonamides is 1. The molecular formula is C34H38F3NO6S2. The van der Waals surface area contributed by atoms with E-state index in [1.807, 2.05) is 34.6 Å². The summed E-state index contributed by atoms with van der Waals surface area (Å²) in [6.07, 6.45) is -3.45. The van der Waals surface area contributed by atoms with Gasteiger partial charge < -0.3 is 14.9 Å². The highest BCUT2D eigenvalue weighted by atomic mass is 32.2. The van der Waals surface area contributed by atoms with Crippen LogP contribution in [0.15, 0.2) is 81.1 Å². The molecule has 0 spiro atoms. The van der Waals surface area contributed by atoms with E-state index in [2.05, 4.69) is 4.72 Å². The van der Waals surface area contributed by atoms with Crippen molar-refractivity contribution in [3.05, 3.63) is 93.6 Å². The third-order valence-corrected chi connectivity index (χ3v) is 10.7. The van der Waals surface area contributed by atoms with Crippen molar-refractivity contribution in [3.63, 3.8) is 0 Å². The molecule has 1 unspecified atom stereocenters. The highest BCUT2D eigenvalue weighted by Gasteiger charge is 2.44. The van der Waals surface area contributed by atoms with Crippen LogP contribution in [0.5, 0.6) is 5.75 Å². The van der Waals surface area contributed by atoms with Crippen LogP contribution in [-0.4, -0.2) is 30.2 Å². The van der Waals surface area contributed by atoms with Crippen molar-refractivity contribution in [2.45, 2.75) is 87.8 Å². The quantitative estimate of drug-likeness (QED) is 0.194. The molecule has 3 aromatic carbocycles. The topological polar surface area (TPSA) is 113 Å². The molecule has 0 radical (unpaired) electrons. The Labute approximate surface area is 271 Å². The van der Waals surface area contributed by atoms with E-state index < -0.39 is 38.7 Å². The Balaban J connectivity index is 1.62. The Morgan fingerprint density at radius 2 is 1.61 bits per heavy atom. The molecule has 0 saturated carbocycles. The number of esters is 1. The van der Waals surface area contributed by atoms with Crippen LogP contribution in [0, 0.1) is 12.8 Å². The van der Waals surface area contributed by atoms with Crippen molar-refractivity contribution < 1.29 is 41.3 Å². The van der Waals surface area contributed by atoms with Gasteiger partial charge in [0.15, 0.2) is 0 Å². The molecule has 0 saturated heterocycles. The summed E-state index contributed by atoms with van der Waals surface area (Å²) in [4.78, 5) is 13.8. The SMILES string of the molecule is Cc1cc(SC2=C(O)CC(CCc3ccc(O)cc3)(C(C)C)OC2=O)c(C(C)(C)C)cc1NS(=O)(=O)c1ccc(C(F)(F)F)cc1. The van der Waals surface area contributed by atoms with Crippen LogP contribution in [0.1, 0.15) is 69.7 Å². The molecule has 0 fully saturated rings. The van der Waals surface area contributed by atoms with E-state index in [0.29, 0.717) is 41.0 Å². The maximum absolute atomic E-state index is 13.5. The third-order valence-electron chi connectivity index (χ3n) is 8.12. The number of thioether (sulfide) groups is 1. The van der Waals surface area contributed by atoms with E-state index in [0.717, 1.165) is 29.5 Å². The molecule has 4 rings (SSSR count). The lowest BCUT2D eigenvalue weighted by Crippen LogP contribution is -2.44. The van der Waals surface area contributed by atoms with Crippen LogP contribution in [0.2, 0.25) is 0 Å². The first-order chi connectivity index (χ1) is 21.2. The van der Waals surface area contributed by atoms with Gasteiger partial charge in [0.1, 0.15) is 22.0 Å². The van der Waals surface area contributed by atoms with Gasteiger partial charge in [-0.1, -0.05) is 58.5 Å². The molecule has 46 heavy (non-hydrogen) atoms. The number of phenols is 1. The first-order valence-electron chi connectivity index (χ1n) is 14.7. The number of aryl methyl sites for hydroxylation is 2. The van der Waals surface area contributed by atoms with Crippen molar-refractivity contribution in [2.75, 3.05) is 4.72 Å². The first kappa shape index (κ1) is 35.2. The predicted octanol–water partition coefficient (Wildman–Crippen LogP) is 8.65. The van der Waals surface area contributed by atoms with Crippen LogP contribution in [0.25, 0.3) is 0 Å². The number of nitrogens with one attached hydrogen (secondary N) is 1. The van der Waals surface area contributed by atoms with Crippen LogP contribution < -0.4 is 4.72 Å². The molecule has 248 valence electrons. The maximum Gasteiger partial charge on any atom is 0.416 e. The number of aliphatic hydroxyl groups is 1. The van der Waals surface area contributed by atoms with Gasteiger partial charge in [-0.3, -0.25) is 4.72 Å². The number of anilines is 1. The lowest BCUT2D eigenvalue weighted by Gasteiger charge is -2.40. The van der Waals surface area contributed by atoms with Crippen molar-refractivity contribution in [1.29, 1.82) is 0 Å². The predicted molar refractivity (Wildman–Crippen MR) is 172 cm³/mol. The standard InChI is InChI=1S/C34H38F3NO6S2/c1-20(2)33(16-15-22-7-11-24(39)12-8-22)19-28(40)30(31(41)44-33)45-29-17-21(3)27(18-26(29)32(4,5)6)38-46(42,43)25-13-9-23(10-14-25)34(35,36)37/h7-14,17-18,20,38-40H,15-16,19H2,1-6H3. The number of carbonyl (C=O) groups excluding carboxylic acids is 1. The third kappa shape index (κ3) is 7.83. The smallest absolute Gasteiger partial charge is 0.416 e. The zero-order valence-corrected chi connectivity index (χ0v) is 28.1. The van der Waals surface area contributed by atoms with E-state index in [4.69, 9.17) is 4.74 Å². The summed E-state index contributed by atoms with van der Waals surface area (Å²) >= 11 is 1.05. The molecule has 0 aromatic heterocycles. The molecule has 3 aromatic rings. The van der Waals surface area contributed by atoms with Gasteiger partial charge in [-0.2, -0.15) is 13.2 Å². The number of cyclic esters (lactones) is 1. The number of halogens is 3. The average molecular weight is 678 g/mol. The average Bonchev–Trinajstić information content (AvgIpc) is 2.94. The van der Waals surface area contributed by atoms with Crippen LogP contribution >= 0.6 is 11.8 Å². The summed E-state index contributed by atoms with van der Waals surface area (Å²) in [5.74, 6) is -0.697. The van der Waals surface area contributed by atoms with Gasteiger partial charge in [0.05, 0.1) is 16.1 Å². The first-order valence-corrected chi connectivity index (χ1v) is 17.0. The van der Waals surface area contributed by atoms with Crippen molar-refractivity contribution in [3.8, 4) is 5.75 Å². The maximum atomic E-state index is 13.5. The Hall–Kier alpha value is -3.64. The van der Waals surface area contributed by atoms with Gasteiger partial charge in [-0.15, -0.1) is 0 Å². The normalized spacial score (nSPS) is 17.7. The molecule has 1 heterocycles. The van der Waals surface area contributed by atoms with Crippen molar-refractivity contribution >= 4 is 33.4 Å². The monoisotopic (exact) mass is 677 g/mol. The zero-order chi connectivity index (χ0) is 34.2. The van der Waals surface area contributed by atoms with E-state index in [1.54, 1.807) is 43.3 Å². The molecule has 1 atom stereocenters. The number of phenolic OH excluding ortho intramolecular Hbond substituents is 1. The number of benzene rings is 3. The highest BCUT2D eigenvalue weighted by Crippen LogP contribution is 2.46. The number of aromatic hydroxyl groups is 1. The summed E-state index contributed by atoms with van der Waals surface area (Å²) in [5, 5.41) is 20.8. The Bertz CT molecular complexity index is 1740. The summed E-state index contributed by atoms with van der Waals surface area (Å²) in [6.45, 7) is 11.3. The number of hydrogen-bond acceptors (Lipinski definition) is 7. The molecule has 1 aliphatic heterocycles. The summed E-state index contributed by atoms with van der Waals surface area (Å²) in [5.41, 5.74) is -0.0726. The molecule has 0 amide bonds. The number of hydrogen-bond donors (Lipinski definition) is 3. The summed E-state index contributed by atoms with van der Waals surface area (Å²) < 4.78 is 73.8. The minimum absolute atomic E-state index is 0.0453. The molecule has 7 nitrogen and oxygen atoms in total. The minimum Gasteiger partial charge on any atom is -0.511 e. The molecular weight excluding hydrogens is 640 g/mol. The van der Waals surface area contributed by atoms with E-state index in [-0.39, 0.29) is 39.3 Å². The van der Waals surface area contributed by atoms with E-state index in [9.17, 15) is 36.6 Å².